The highest BCUT2D eigenvalue weighted by Gasteiger charge is 2.48. The number of amides is 1. The number of likely N-dealkylation sites (tertiary alicyclic amines) is 1. The number of anilines is 2. The molecule has 5 heterocycles. The quantitative estimate of drug-likeness (QED) is 0.422. The Morgan fingerprint density at radius 2 is 1.97 bits per heavy atom. The van der Waals surface area contributed by atoms with Crippen LogP contribution in [-0.2, 0) is 16.9 Å². The van der Waals surface area contributed by atoms with Crippen LogP contribution in [0.5, 0.6) is 0 Å². The maximum absolute atomic E-state index is 12.5. The SMILES string of the molecule is CN1CCC(O)(c2cc(-c3cccc(-c4ccnc(Nc5ccn(CCF)n5)n4)n3)no2)C1=O. The Hall–Kier alpha value is -4.19. The lowest BCUT2D eigenvalue weighted by atomic mass is 9.98. The molecule has 1 fully saturated rings. The molecule has 0 spiro atoms. The van der Waals surface area contributed by atoms with Gasteiger partial charge >= 0.3 is 0 Å². The van der Waals surface area contributed by atoms with Crippen molar-refractivity contribution in [3.8, 4) is 22.8 Å². The lowest BCUT2D eigenvalue weighted by Gasteiger charge is -2.16. The Labute approximate surface area is 193 Å². The van der Waals surface area contributed by atoms with Gasteiger partial charge in [-0.1, -0.05) is 11.2 Å². The van der Waals surface area contributed by atoms with Gasteiger partial charge in [0, 0.05) is 44.5 Å². The van der Waals surface area contributed by atoms with E-state index in [-0.39, 0.29) is 18.7 Å². The molecule has 11 nitrogen and oxygen atoms in total. The summed E-state index contributed by atoms with van der Waals surface area (Å²) in [5.41, 5.74) is 0.275. The summed E-state index contributed by atoms with van der Waals surface area (Å²) in [6.07, 6.45) is 3.48. The number of rotatable bonds is 7. The summed E-state index contributed by atoms with van der Waals surface area (Å²) in [5, 5.41) is 22.0. The van der Waals surface area contributed by atoms with Gasteiger partial charge in [0.15, 0.2) is 11.6 Å². The van der Waals surface area contributed by atoms with Gasteiger partial charge in [0.05, 0.1) is 23.6 Å². The van der Waals surface area contributed by atoms with Crippen molar-refractivity contribution in [2.75, 3.05) is 25.6 Å². The molecule has 1 amide bonds. The molecule has 2 N–H and O–H groups in total. The van der Waals surface area contributed by atoms with Crippen LogP contribution in [0.3, 0.4) is 0 Å². The van der Waals surface area contributed by atoms with E-state index in [0.29, 0.717) is 41.1 Å². The average molecular weight is 464 g/mol. The van der Waals surface area contributed by atoms with Gasteiger partial charge in [-0.25, -0.2) is 19.3 Å². The molecule has 0 aliphatic carbocycles. The zero-order chi connectivity index (χ0) is 23.7. The third kappa shape index (κ3) is 3.99. The summed E-state index contributed by atoms with van der Waals surface area (Å²) in [6.45, 7) is 0.0966. The van der Waals surface area contributed by atoms with E-state index in [9.17, 15) is 14.3 Å². The molecule has 0 saturated carbocycles. The molecule has 34 heavy (non-hydrogen) atoms. The number of pyridine rings is 1. The average Bonchev–Trinajstić information content (AvgIpc) is 3.58. The van der Waals surface area contributed by atoms with Crippen LogP contribution >= 0.6 is 0 Å². The number of hydrogen-bond acceptors (Lipinski definition) is 9. The predicted octanol–water partition coefficient (Wildman–Crippen LogP) is 2.15. The second-order valence-electron chi connectivity index (χ2n) is 7.86. The minimum atomic E-state index is -1.72. The van der Waals surface area contributed by atoms with Crippen molar-refractivity contribution >= 4 is 17.7 Å². The molecular weight excluding hydrogens is 443 g/mol. The third-order valence-corrected chi connectivity index (χ3v) is 5.55. The van der Waals surface area contributed by atoms with Gasteiger partial charge in [0.25, 0.3) is 5.91 Å². The molecule has 1 saturated heterocycles. The molecule has 1 unspecified atom stereocenters. The summed E-state index contributed by atoms with van der Waals surface area (Å²) < 4.78 is 19.3. The van der Waals surface area contributed by atoms with Crippen molar-refractivity contribution < 1.29 is 18.8 Å². The maximum Gasteiger partial charge on any atom is 0.262 e. The van der Waals surface area contributed by atoms with Crippen LogP contribution in [-0.4, -0.2) is 66.1 Å². The number of aliphatic hydroxyl groups is 1. The first kappa shape index (κ1) is 21.6. The summed E-state index contributed by atoms with van der Waals surface area (Å²) in [7, 11) is 1.63. The fourth-order valence-electron chi connectivity index (χ4n) is 3.71. The molecule has 0 radical (unpaired) electrons. The van der Waals surface area contributed by atoms with Crippen molar-refractivity contribution in [1.29, 1.82) is 0 Å². The minimum Gasteiger partial charge on any atom is -0.373 e. The molecule has 0 aromatic carbocycles. The fourth-order valence-corrected chi connectivity index (χ4v) is 3.71. The van der Waals surface area contributed by atoms with Gasteiger partial charge in [-0.3, -0.25) is 9.48 Å². The van der Waals surface area contributed by atoms with E-state index in [1.807, 2.05) is 0 Å². The lowest BCUT2D eigenvalue weighted by Crippen LogP contribution is -2.35. The molecule has 5 rings (SSSR count). The van der Waals surface area contributed by atoms with Gasteiger partial charge in [-0.05, 0) is 18.2 Å². The number of nitrogens with zero attached hydrogens (tertiary/aromatic N) is 7. The van der Waals surface area contributed by atoms with E-state index in [2.05, 4.69) is 30.5 Å². The van der Waals surface area contributed by atoms with E-state index in [1.54, 1.807) is 49.8 Å². The van der Waals surface area contributed by atoms with Crippen molar-refractivity contribution in [3.63, 3.8) is 0 Å². The number of aromatic nitrogens is 6. The van der Waals surface area contributed by atoms with Crippen LogP contribution < -0.4 is 5.32 Å². The van der Waals surface area contributed by atoms with Gasteiger partial charge < -0.3 is 19.8 Å². The van der Waals surface area contributed by atoms with E-state index in [0.717, 1.165) is 0 Å². The second kappa shape index (κ2) is 8.63. The Kier molecular flexibility index (Phi) is 5.49. The topological polar surface area (TPSA) is 135 Å². The largest absolute Gasteiger partial charge is 0.373 e. The van der Waals surface area contributed by atoms with Crippen LogP contribution in [0.15, 0.2) is 53.3 Å². The van der Waals surface area contributed by atoms with E-state index < -0.39 is 18.2 Å². The minimum absolute atomic E-state index is 0.0878. The van der Waals surface area contributed by atoms with Crippen molar-refractivity contribution in [3.05, 3.63) is 54.6 Å². The van der Waals surface area contributed by atoms with Gasteiger partial charge in [0.1, 0.15) is 12.4 Å². The first-order valence-corrected chi connectivity index (χ1v) is 10.6. The number of carbonyl (C=O) groups excluding carboxylic acids is 1. The third-order valence-electron chi connectivity index (χ3n) is 5.55. The fraction of sp³-hybridized carbons (Fsp3) is 0.273. The van der Waals surface area contributed by atoms with E-state index in [1.165, 1.54) is 15.6 Å². The maximum atomic E-state index is 12.5. The van der Waals surface area contributed by atoms with Gasteiger partial charge in [-0.15, -0.1) is 0 Å². The van der Waals surface area contributed by atoms with Gasteiger partial charge in [-0.2, -0.15) is 5.10 Å². The van der Waals surface area contributed by atoms with Crippen molar-refractivity contribution in [2.45, 2.75) is 18.6 Å². The van der Waals surface area contributed by atoms with Crippen LogP contribution in [0, 0.1) is 0 Å². The summed E-state index contributed by atoms with van der Waals surface area (Å²) >= 11 is 0. The summed E-state index contributed by atoms with van der Waals surface area (Å²) in [4.78, 5) is 27.1. The monoisotopic (exact) mass is 464 g/mol. The Morgan fingerprint density at radius 1 is 1.18 bits per heavy atom. The number of likely N-dealkylation sites (N-methyl/N-ethyl adjacent to an activating group) is 1. The molecule has 1 atom stereocenters. The molecule has 12 heteroatoms. The Morgan fingerprint density at radius 3 is 2.74 bits per heavy atom. The van der Waals surface area contributed by atoms with Crippen molar-refractivity contribution in [2.24, 2.45) is 0 Å². The smallest absolute Gasteiger partial charge is 0.262 e. The highest BCUT2D eigenvalue weighted by atomic mass is 19.1. The zero-order valence-corrected chi connectivity index (χ0v) is 18.2. The number of carbonyl (C=O) groups is 1. The number of nitrogens with one attached hydrogen (secondary N) is 1. The highest BCUT2D eigenvalue weighted by Crippen LogP contribution is 2.34. The van der Waals surface area contributed by atoms with Crippen LogP contribution in [0.25, 0.3) is 22.8 Å². The van der Waals surface area contributed by atoms with Crippen molar-refractivity contribution in [1.82, 2.24) is 34.8 Å². The lowest BCUT2D eigenvalue weighted by molar-refractivity contribution is -0.144. The highest BCUT2D eigenvalue weighted by molar-refractivity contribution is 5.87. The summed E-state index contributed by atoms with van der Waals surface area (Å²) in [5.74, 6) is 0.467. The normalized spacial score (nSPS) is 18.0. The molecule has 4 aromatic heterocycles. The Bertz CT molecular complexity index is 1340. The standard InChI is InChI=1S/C22H21FN8O3/c1-30-11-7-22(33,20(30)32)18-13-17(29-34-18)15-4-2-3-14(25-15)16-5-9-24-21(26-16)27-19-6-10-31(28-19)12-8-23/h2-6,9-10,13,33H,7-8,11-12H2,1H3,(H,24,26,27,28). The molecule has 174 valence electrons. The molecule has 1 aliphatic heterocycles. The second-order valence-corrected chi connectivity index (χ2v) is 7.86. The van der Waals surface area contributed by atoms with Gasteiger partial charge in [0.2, 0.25) is 11.5 Å². The van der Waals surface area contributed by atoms with Crippen LogP contribution in [0.2, 0.25) is 0 Å². The van der Waals surface area contributed by atoms with Crippen LogP contribution in [0.4, 0.5) is 16.2 Å². The first-order valence-electron chi connectivity index (χ1n) is 10.6. The van der Waals surface area contributed by atoms with E-state index >= 15 is 0 Å². The Balaban J connectivity index is 1.38. The molecule has 0 bridgehead atoms. The number of hydrogen-bond donors (Lipinski definition) is 2. The zero-order valence-electron chi connectivity index (χ0n) is 18.2. The molecule has 1 aliphatic rings. The molecule has 4 aromatic rings. The number of aryl methyl sites for hydroxylation is 1. The summed E-state index contributed by atoms with van der Waals surface area (Å²) in [6, 6.07) is 10.3. The number of halogens is 1. The number of alkyl halides is 1. The van der Waals surface area contributed by atoms with Crippen LogP contribution in [0.1, 0.15) is 12.2 Å². The first-order chi connectivity index (χ1) is 16.5. The molecular formula is C22H21FN8O3. The predicted molar refractivity (Wildman–Crippen MR) is 118 cm³/mol. The van der Waals surface area contributed by atoms with E-state index in [4.69, 9.17) is 4.52 Å².